The van der Waals surface area contributed by atoms with E-state index in [0.29, 0.717) is 12.6 Å². The Kier molecular flexibility index (Phi) is 6.01. The van der Waals surface area contributed by atoms with Crippen LogP contribution < -0.4 is 10.5 Å². The Labute approximate surface area is 175 Å². The van der Waals surface area contributed by atoms with Crippen molar-refractivity contribution in [3.05, 3.63) is 47.7 Å². The second kappa shape index (κ2) is 8.85. The number of hydrogen-bond donors (Lipinski definition) is 1. The number of unbranched alkanes of at least 4 members (excludes halogenated alkanes) is 1. The van der Waals surface area contributed by atoms with Crippen molar-refractivity contribution in [1.29, 1.82) is 0 Å². The fraction of sp³-hybridized carbons (Fsp3) is 0.375. The normalized spacial score (nSPS) is 13.9. The molecule has 2 N–H and O–H groups in total. The SMILES string of the molecule is CCCC#Cc1c(-c2ccc(CN)cn2)n(C2CCC2)c2cc(OC(F)F)ccc12. The molecule has 0 spiro atoms. The third-order valence-electron chi connectivity index (χ3n) is 5.53. The van der Waals surface area contributed by atoms with Crippen molar-refractivity contribution in [3.8, 4) is 29.0 Å². The van der Waals surface area contributed by atoms with Gasteiger partial charge in [-0.2, -0.15) is 8.78 Å². The van der Waals surface area contributed by atoms with Crippen LogP contribution in [0.3, 0.4) is 0 Å². The number of nitrogens with zero attached hydrogens (tertiary/aromatic N) is 2. The summed E-state index contributed by atoms with van der Waals surface area (Å²) < 4.78 is 32.5. The van der Waals surface area contributed by atoms with Gasteiger partial charge >= 0.3 is 6.61 Å². The molecule has 0 unspecified atom stereocenters. The number of fused-ring (bicyclic) bond motifs is 1. The topological polar surface area (TPSA) is 53.1 Å². The molecule has 0 radical (unpaired) electrons. The van der Waals surface area contributed by atoms with Gasteiger partial charge in [0.05, 0.1) is 22.5 Å². The Hall–Kier alpha value is -2.91. The van der Waals surface area contributed by atoms with Crippen molar-refractivity contribution in [2.75, 3.05) is 0 Å². The Morgan fingerprint density at radius 1 is 1.27 bits per heavy atom. The summed E-state index contributed by atoms with van der Waals surface area (Å²) >= 11 is 0. The van der Waals surface area contributed by atoms with Gasteiger partial charge < -0.3 is 15.0 Å². The largest absolute Gasteiger partial charge is 0.435 e. The lowest BCUT2D eigenvalue weighted by molar-refractivity contribution is -0.0497. The van der Waals surface area contributed by atoms with Crippen LogP contribution in [0.5, 0.6) is 5.75 Å². The summed E-state index contributed by atoms with van der Waals surface area (Å²) in [5.41, 5.74) is 10.2. The zero-order valence-corrected chi connectivity index (χ0v) is 17.0. The molecular weight excluding hydrogens is 384 g/mol. The first kappa shape index (κ1) is 20.4. The van der Waals surface area contributed by atoms with Gasteiger partial charge in [-0.15, -0.1) is 0 Å². The van der Waals surface area contributed by atoms with Crippen molar-refractivity contribution in [1.82, 2.24) is 9.55 Å². The van der Waals surface area contributed by atoms with Crippen molar-refractivity contribution in [2.24, 2.45) is 5.73 Å². The predicted molar refractivity (Wildman–Crippen MR) is 114 cm³/mol. The van der Waals surface area contributed by atoms with Gasteiger partial charge in [-0.25, -0.2) is 0 Å². The highest BCUT2D eigenvalue weighted by molar-refractivity contribution is 5.95. The van der Waals surface area contributed by atoms with Crippen LogP contribution in [-0.2, 0) is 6.54 Å². The Morgan fingerprint density at radius 2 is 2.10 bits per heavy atom. The smallest absolute Gasteiger partial charge is 0.387 e. The first-order chi connectivity index (χ1) is 14.6. The Bertz CT molecular complexity index is 1090. The van der Waals surface area contributed by atoms with E-state index in [1.807, 2.05) is 18.2 Å². The van der Waals surface area contributed by atoms with E-state index in [9.17, 15) is 8.78 Å². The number of aromatic nitrogens is 2. The summed E-state index contributed by atoms with van der Waals surface area (Å²) in [4.78, 5) is 4.66. The molecule has 1 aromatic carbocycles. The average Bonchev–Trinajstić information content (AvgIpc) is 3.00. The third kappa shape index (κ3) is 3.90. The molecule has 3 aromatic rings. The first-order valence-electron chi connectivity index (χ1n) is 10.4. The summed E-state index contributed by atoms with van der Waals surface area (Å²) in [6.45, 7) is -0.340. The van der Waals surface area contributed by atoms with E-state index in [1.165, 1.54) is 0 Å². The lowest BCUT2D eigenvalue weighted by Crippen LogP contribution is -2.18. The third-order valence-corrected chi connectivity index (χ3v) is 5.53. The Balaban J connectivity index is 1.97. The van der Waals surface area contributed by atoms with Gasteiger partial charge in [0, 0.05) is 36.7 Å². The molecule has 4 rings (SSSR count). The molecule has 0 aliphatic heterocycles. The number of nitrogens with two attached hydrogens (primary N) is 1. The van der Waals surface area contributed by atoms with Crippen LogP contribution >= 0.6 is 0 Å². The molecule has 6 heteroatoms. The summed E-state index contributed by atoms with van der Waals surface area (Å²) in [6, 6.07) is 9.34. The highest BCUT2D eigenvalue weighted by Crippen LogP contribution is 2.43. The van der Waals surface area contributed by atoms with Crippen molar-refractivity contribution >= 4 is 10.9 Å². The second-order valence-electron chi connectivity index (χ2n) is 7.54. The van der Waals surface area contributed by atoms with Gasteiger partial charge in [0.2, 0.25) is 0 Å². The average molecular weight is 409 g/mol. The second-order valence-corrected chi connectivity index (χ2v) is 7.54. The molecule has 1 fully saturated rings. The van der Waals surface area contributed by atoms with E-state index >= 15 is 0 Å². The summed E-state index contributed by atoms with van der Waals surface area (Å²) in [6.07, 6.45) is 6.78. The fourth-order valence-corrected chi connectivity index (χ4v) is 3.83. The lowest BCUT2D eigenvalue weighted by Gasteiger charge is -2.30. The van der Waals surface area contributed by atoms with Gasteiger partial charge in [-0.3, -0.25) is 4.98 Å². The van der Waals surface area contributed by atoms with Crippen LogP contribution in [0.4, 0.5) is 8.78 Å². The fourth-order valence-electron chi connectivity index (χ4n) is 3.83. The van der Waals surface area contributed by atoms with E-state index in [2.05, 4.69) is 33.1 Å². The Morgan fingerprint density at radius 3 is 2.70 bits per heavy atom. The molecule has 2 aromatic heterocycles. The van der Waals surface area contributed by atoms with Gasteiger partial charge in [0.15, 0.2) is 0 Å². The van der Waals surface area contributed by atoms with Crippen LogP contribution in [0.15, 0.2) is 36.5 Å². The first-order valence-corrected chi connectivity index (χ1v) is 10.4. The summed E-state index contributed by atoms with van der Waals surface area (Å²) in [7, 11) is 0. The predicted octanol–water partition coefficient (Wildman–Crippen LogP) is 5.64. The van der Waals surface area contributed by atoms with Crippen LogP contribution in [0.25, 0.3) is 22.3 Å². The molecule has 0 amide bonds. The maximum atomic E-state index is 12.8. The number of halogens is 2. The number of ether oxygens (including phenoxy) is 1. The monoisotopic (exact) mass is 409 g/mol. The number of pyridine rings is 1. The van der Waals surface area contributed by atoms with E-state index in [-0.39, 0.29) is 5.75 Å². The molecule has 156 valence electrons. The van der Waals surface area contributed by atoms with Crippen LogP contribution in [0, 0.1) is 11.8 Å². The minimum Gasteiger partial charge on any atom is -0.435 e. The quantitative estimate of drug-likeness (QED) is 0.536. The molecule has 1 aliphatic carbocycles. The highest BCUT2D eigenvalue weighted by atomic mass is 19.3. The number of rotatable bonds is 6. The molecular formula is C24H25F2N3O. The van der Waals surface area contributed by atoms with Crippen molar-refractivity contribution < 1.29 is 13.5 Å². The minimum absolute atomic E-state index is 0.154. The van der Waals surface area contributed by atoms with Crippen molar-refractivity contribution in [3.63, 3.8) is 0 Å². The minimum atomic E-state index is -2.86. The van der Waals surface area contributed by atoms with E-state index in [0.717, 1.165) is 65.5 Å². The zero-order chi connectivity index (χ0) is 21.1. The zero-order valence-electron chi connectivity index (χ0n) is 17.0. The van der Waals surface area contributed by atoms with Gasteiger partial charge in [0.1, 0.15) is 5.75 Å². The molecule has 1 saturated carbocycles. The number of hydrogen-bond acceptors (Lipinski definition) is 3. The molecule has 30 heavy (non-hydrogen) atoms. The lowest BCUT2D eigenvalue weighted by atomic mass is 9.92. The highest BCUT2D eigenvalue weighted by Gasteiger charge is 2.28. The molecule has 4 nitrogen and oxygen atoms in total. The van der Waals surface area contributed by atoms with E-state index in [4.69, 9.17) is 5.73 Å². The summed E-state index contributed by atoms with van der Waals surface area (Å²) in [5.74, 6) is 6.75. The van der Waals surface area contributed by atoms with Crippen LogP contribution in [0.1, 0.15) is 56.2 Å². The maximum Gasteiger partial charge on any atom is 0.387 e. The van der Waals surface area contributed by atoms with Crippen LogP contribution in [0.2, 0.25) is 0 Å². The molecule has 0 saturated heterocycles. The van der Waals surface area contributed by atoms with Gasteiger partial charge in [0.25, 0.3) is 0 Å². The molecule has 1 aliphatic rings. The molecule has 0 bridgehead atoms. The maximum absolute atomic E-state index is 12.8. The number of benzene rings is 1. The van der Waals surface area contributed by atoms with E-state index in [1.54, 1.807) is 18.3 Å². The number of alkyl halides is 2. The molecule has 2 heterocycles. The molecule has 0 atom stereocenters. The van der Waals surface area contributed by atoms with Gasteiger partial charge in [-0.05, 0) is 49.4 Å². The van der Waals surface area contributed by atoms with Gasteiger partial charge in [-0.1, -0.05) is 24.8 Å². The van der Waals surface area contributed by atoms with Crippen LogP contribution in [-0.4, -0.2) is 16.2 Å². The standard InChI is InChI=1S/C24H25F2N3O/c1-2-3-4-8-20-19-11-10-18(30-24(25)26)13-22(19)29(17-6-5-7-17)23(20)21-12-9-16(14-27)15-28-21/h9-13,15,17,24H,2-3,5-7,14,27H2,1H3. The van der Waals surface area contributed by atoms with Crippen molar-refractivity contribution in [2.45, 2.75) is 58.2 Å². The van der Waals surface area contributed by atoms with E-state index < -0.39 is 6.61 Å². The summed E-state index contributed by atoms with van der Waals surface area (Å²) in [5, 5.41) is 0.937.